The van der Waals surface area contributed by atoms with Gasteiger partial charge in [0, 0.05) is 27.7 Å². The second-order valence-corrected chi connectivity index (χ2v) is 12.2. The summed E-state index contributed by atoms with van der Waals surface area (Å²) in [6, 6.07) is 11.3. The predicted octanol–water partition coefficient (Wildman–Crippen LogP) is 7.40. The van der Waals surface area contributed by atoms with E-state index < -0.39 is 0 Å². The molecule has 35 heavy (non-hydrogen) atoms. The van der Waals surface area contributed by atoms with Gasteiger partial charge in [0.25, 0.3) is 5.91 Å². The maximum Gasteiger partial charge on any atom is 0.272 e. The summed E-state index contributed by atoms with van der Waals surface area (Å²) in [6.45, 7) is 5.45. The van der Waals surface area contributed by atoms with Gasteiger partial charge in [-0.25, -0.2) is 4.68 Å². The minimum Gasteiger partial charge on any atom is -0.350 e. The van der Waals surface area contributed by atoms with E-state index in [1.54, 1.807) is 12.1 Å². The molecule has 182 valence electrons. The van der Waals surface area contributed by atoms with Gasteiger partial charge in [0.2, 0.25) is 0 Å². The number of hydrogen-bond donors (Lipinski definition) is 1. The lowest BCUT2D eigenvalue weighted by atomic mass is 9.60. The van der Waals surface area contributed by atoms with Crippen LogP contribution in [0.5, 0.6) is 0 Å². The largest absolute Gasteiger partial charge is 0.350 e. The van der Waals surface area contributed by atoms with E-state index in [0.717, 1.165) is 47.6 Å². The minimum atomic E-state index is -0.107. The molecule has 3 aromatic rings. The van der Waals surface area contributed by atoms with Gasteiger partial charge in [0.1, 0.15) is 0 Å². The third kappa shape index (κ3) is 3.80. The van der Waals surface area contributed by atoms with Gasteiger partial charge in [-0.2, -0.15) is 5.10 Å². The van der Waals surface area contributed by atoms with Crippen LogP contribution >= 0.6 is 34.8 Å². The quantitative estimate of drug-likeness (QED) is 0.383. The first-order valence-electron chi connectivity index (χ1n) is 12.4. The zero-order valence-corrected chi connectivity index (χ0v) is 22.1. The Morgan fingerprint density at radius 1 is 1.09 bits per heavy atom. The number of aromatic nitrogens is 2. The smallest absolute Gasteiger partial charge is 0.272 e. The minimum absolute atomic E-state index is 0.107. The third-order valence-corrected chi connectivity index (χ3v) is 9.53. The molecule has 4 nitrogen and oxygen atoms in total. The molecule has 3 unspecified atom stereocenters. The molecule has 0 spiro atoms. The van der Waals surface area contributed by atoms with Crippen molar-refractivity contribution in [2.75, 3.05) is 6.54 Å². The number of halogens is 3. The van der Waals surface area contributed by atoms with Crippen LogP contribution in [0, 0.1) is 23.2 Å². The molecule has 3 saturated carbocycles. The molecule has 4 aliphatic carbocycles. The summed E-state index contributed by atoms with van der Waals surface area (Å²) in [7, 11) is 0. The van der Waals surface area contributed by atoms with Crippen molar-refractivity contribution in [1.82, 2.24) is 15.1 Å². The number of aryl methyl sites for hydroxylation is 1. The average Bonchev–Trinajstić information content (AvgIpc) is 3.45. The summed E-state index contributed by atoms with van der Waals surface area (Å²) in [6.07, 6.45) is 5.07. The van der Waals surface area contributed by atoms with Crippen LogP contribution in [0.25, 0.3) is 16.9 Å². The van der Waals surface area contributed by atoms with E-state index in [1.165, 1.54) is 12.8 Å². The van der Waals surface area contributed by atoms with E-state index in [2.05, 4.69) is 19.2 Å². The summed E-state index contributed by atoms with van der Waals surface area (Å²) >= 11 is 19.1. The molecule has 0 saturated heterocycles. The molecule has 1 heterocycles. The molecule has 2 bridgehead atoms. The zero-order chi connectivity index (χ0) is 24.5. The molecule has 1 amide bonds. The molecule has 0 aliphatic heterocycles. The normalized spacial score (nSPS) is 23.7. The number of benzene rings is 2. The lowest BCUT2D eigenvalue weighted by Gasteiger charge is -2.45. The van der Waals surface area contributed by atoms with Crippen LogP contribution in [0.4, 0.5) is 0 Å². The Bertz CT molecular complexity index is 1350. The number of fused-ring (bicyclic) bond motifs is 4. The number of nitrogens with one attached hydrogen (secondary N) is 1. The molecule has 3 fully saturated rings. The Labute approximate surface area is 221 Å². The predicted molar refractivity (Wildman–Crippen MR) is 142 cm³/mol. The fourth-order valence-electron chi connectivity index (χ4n) is 6.75. The highest BCUT2D eigenvalue weighted by Gasteiger charge is 2.57. The van der Waals surface area contributed by atoms with E-state index in [4.69, 9.17) is 39.9 Å². The second kappa shape index (κ2) is 8.54. The number of carbonyl (C=O) groups is 1. The monoisotopic (exact) mass is 527 g/mol. The van der Waals surface area contributed by atoms with Gasteiger partial charge in [-0.05, 0) is 91.2 Å². The number of rotatable bonds is 4. The van der Waals surface area contributed by atoms with E-state index in [-0.39, 0.29) is 5.91 Å². The van der Waals surface area contributed by atoms with Crippen LogP contribution < -0.4 is 5.32 Å². The van der Waals surface area contributed by atoms with Gasteiger partial charge in [-0.1, -0.05) is 54.7 Å². The Morgan fingerprint density at radius 3 is 2.57 bits per heavy atom. The van der Waals surface area contributed by atoms with Gasteiger partial charge in [-0.3, -0.25) is 4.79 Å². The van der Waals surface area contributed by atoms with Crippen LogP contribution in [-0.2, 0) is 12.8 Å². The van der Waals surface area contributed by atoms with Crippen molar-refractivity contribution in [2.45, 2.75) is 46.0 Å². The first kappa shape index (κ1) is 23.4. The van der Waals surface area contributed by atoms with E-state index >= 15 is 0 Å². The van der Waals surface area contributed by atoms with Crippen molar-refractivity contribution in [2.24, 2.45) is 23.2 Å². The van der Waals surface area contributed by atoms with Crippen molar-refractivity contribution in [1.29, 1.82) is 0 Å². The molecule has 1 N–H and O–H groups in total. The van der Waals surface area contributed by atoms with Crippen LogP contribution in [0.15, 0.2) is 36.4 Å². The zero-order valence-electron chi connectivity index (χ0n) is 19.9. The van der Waals surface area contributed by atoms with E-state index in [1.807, 2.05) is 28.9 Å². The highest BCUT2D eigenvalue weighted by molar-refractivity contribution is 6.35. The maximum absolute atomic E-state index is 13.6. The van der Waals surface area contributed by atoms with Gasteiger partial charge >= 0.3 is 0 Å². The van der Waals surface area contributed by atoms with E-state index in [0.29, 0.717) is 50.2 Å². The summed E-state index contributed by atoms with van der Waals surface area (Å²) in [5.74, 6) is 1.94. The molecule has 0 radical (unpaired) electrons. The Morgan fingerprint density at radius 2 is 1.86 bits per heavy atom. The lowest BCUT2D eigenvalue weighted by Crippen LogP contribution is -2.40. The number of hydrogen-bond acceptors (Lipinski definition) is 2. The Kier molecular flexibility index (Phi) is 5.71. The summed E-state index contributed by atoms with van der Waals surface area (Å²) in [5.41, 5.74) is 5.66. The summed E-state index contributed by atoms with van der Waals surface area (Å²) in [5, 5.41) is 9.85. The van der Waals surface area contributed by atoms with Crippen LogP contribution in [0.2, 0.25) is 15.1 Å². The first-order chi connectivity index (χ1) is 16.7. The molecule has 1 aromatic heterocycles. The summed E-state index contributed by atoms with van der Waals surface area (Å²) in [4.78, 5) is 13.6. The summed E-state index contributed by atoms with van der Waals surface area (Å²) < 4.78 is 1.82. The highest BCUT2D eigenvalue weighted by Crippen LogP contribution is 2.64. The van der Waals surface area contributed by atoms with Crippen LogP contribution in [-0.4, -0.2) is 22.2 Å². The lowest BCUT2D eigenvalue weighted by molar-refractivity contribution is 0.0384. The fourth-order valence-corrected chi connectivity index (χ4v) is 7.43. The van der Waals surface area contributed by atoms with Gasteiger partial charge in [-0.15, -0.1) is 0 Å². The van der Waals surface area contributed by atoms with Gasteiger partial charge in [0.15, 0.2) is 5.69 Å². The van der Waals surface area contributed by atoms with Crippen molar-refractivity contribution in [3.8, 4) is 16.9 Å². The highest BCUT2D eigenvalue weighted by atomic mass is 35.5. The van der Waals surface area contributed by atoms with Crippen molar-refractivity contribution < 1.29 is 4.79 Å². The topological polar surface area (TPSA) is 46.9 Å². The third-order valence-electron chi connectivity index (χ3n) is 8.76. The number of nitrogens with zero attached hydrogens (tertiary/aromatic N) is 2. The first-order valence-corrected chi connectivity index (χ1v) is 13.5. The molecular formula is C28H28Cl3N3O. The van der Waals surface area contributed by atoms with Crippen molar-refractivity contribution >= 4 is 40.7 Å². The van der Waals surface area contributed by atoms with Crippen LogP contribution in [0.3, 0.4) is 0 Å². The Hall–Kier alpha value is -2.01. The number of carbonyl (C=O) groups excluding carboxylic acids is 1. The molecule has 2 aromatic carbocycles. The maximum atomic E-state index is 13.6. The standard InChI is InChI=1S/C28H28Cl3N3O/c1-28(2)17-10-16(22(28)12-17)14-32-27(35)25-21-5-3-4-15-11-18(29)6-8-20(15)26(21)34(33-25)24-9-7-19(30)13-23(24)31/h6-9,11,13,16-17,22H,3-5,10,12,14H2,1-2H3,(H,32,35). The molecule has 7 heteroatoms. The van der Waals surface area contributed by atoms with E-state index in [9.17, 15) is 4.79 Å². The number of amides is 1. The van der Waals surface area contributed by atoms with Gasteiger partial charge in [0.05, 0.1) is 16.4 Å². The fraction of sp³-hybridized carbons (Fsp3) is 0.429. The van der Waals surface area contributed by atoms with Crippen molar-refractivity contribution in [3.63, 3.8) is 0 Å². The average molecular weight is 529 g/mol. The Balaban J connectivity index is 1.40. The van der Waals surface area contributed by atoms with Crippen molar-refractivity contribution in [3.05, 3.63) is 68.3 Å². The molecule has 4 aliphatic rings. The molecule has 7 rings (SSSR count). The molecular weight excluding hydrogens is 501 g/mol. The van der Waals surface area contributed by atoms with Gasteiger partial charge < -0.3 is 5.32 Å². The molecule has 3 atom stereocenters. The second-order valence-electron chi connectivity index (χ2n) is 10.9. The SMILES string of the molecule is CC1(C)C2CC(CNC(=O)c3nn(-c4ccc(Cl)cc4Cl)c4c3CCCc3cc(Cl)ccc3-4)C1C2. The van der Waals surface area contributed by atoms with Crippen LogP contribution in [0.1, 0.15) is 54.7 Å².